The molecule has 0 bridgehead atoms. The van der Waals surface area contributed by atoms with Gasteiger partial charge in [0.15, 0.2) is 0 Å². The van der Waals surface area contributed by atoms with Gasteiger partial charge in [-0.2, -0.15) is 0 Å². The summed E-state index contributed by atoms with van der Waals surface area (Å²) < 4.78 is 5.57. The molecule has 0 radical (unpaired) electrons. The Bertz CT molecular complexity index is 503. The lowest BCUT2D eigenvalue weighted by Crippen LogP contribution is -2.52. The van der Waals surface area contributed by atoms with Crippen molar-refractivity contribution in [2.24, 2.45) is 0 Å². The molecule has 4 heteroatoms. The highest BCUT2D eigenvalue weighted by molar-refractivity contribution is 5.82. The summed E-state index contributed by atoms with van der Waals surface area (Å²) in [5.74, 6) is 0.182. The summed E-state index contributed by atoms with van der Waals surface area (Å²) in [6.07, 6.45) is 1.86. The van der Waals surface area contributed by atoms with E-state index in [0.29, 0.717) is 0 Å². The van der Waals surface area contributed by atoms with Crippen LogP contribution in [0.4, 0.5) is 0 Å². The van der Waals surface area contributed by atoms with Gasteiger partial charge in [-0.15, -0.1) is 0 Å². The first kappa shape index (κ1) is 13.6. The third kappa shape index (κ3) is 2.45. The van der Waals surface area contributed by atoms with Gasteiger partial charge in [-0.25, -0.2) is 0 Å². The molecule has 1 amide bonds. The molecule has 20 heavy (non-hydrogen) atoms. The minimum absolute atomic E-state index is 0.109. The second kappa shape index (κ2) is 5.54. The molecule has 0 saturated carbocycles. The van der Waals surface area contributed by atoms with E-state index < -0.39 is 0 Å². The topological polar surface area (TPSA) is 41.6 Å². The number of carbonyl (C=O) groups excluding carboxylic acids is 1. The lowest BCUT2D eigenvalue weighted by Gasteiger charge is -2.33. The highest BCUT2D eigenvalue weighted by Gasteiger charge is 2.34. The van der Waals surface area contributed by atoms with E-state index in [1.807, 2.05) is 31.0 Å². The van der Waals surface area contributed by atoms with Crippen molar-refractivity contribution in [1.82, 2.24) is 10.2 Å². The van der Waals surface area contributed by atoms with Crippen molar-refractivity contribution in [1.29, 1.82) is 0 Å². The Morgan fingerprint density at radius 3 is 2.80 bits per heavy atom. The van der Waals surface area contributed by atoms with Gasteiger partial charge in [-0.1, -0.05) is 24.3 Å². The maximum atomic E-state index is 12.6. The average Bonchev–Trinajstić information content (AvgIpc) is 2.91. The predicted octanol–water partition coefficient (Wildman–Crippen LogP) is 1.34. The summed E-state index contributed by atoms with van der Waals surface area (Å²) in [5.41, 5.74) is 2.59. The number of likely N-dealkylation sites (N-methyl/N-ethyl adjacent to an activating group) is 1. The molecule has 2 aliphatic rings. The lowest BCUT2D eigenvalue weighted by atomic mass is 9.95. The second-order valence-corrected chi connectivity index (χ2v) is 5.79. The summed E-state index contributed by atoms with van der Waals surface area (Å²) in [6.45, 7) is 3.58. The average molecular weight is 274 g/mol. The smallest absolute Gasteiger partial charge is 0.240 e. The summed E-state index contributed by atoms with van der Waals surface area (Å²) >= 11 is 0. The van der Waals surface area contributed by atoms with E-state index in [0.717, 1.165) is 26.0 Å². The van der Waals surface area contributed by atoms with E-state index in [1.165, 1.54) is 11.1 Å². The van der Waals surface area contributed by atoms with E-state index in [9.17, 15) is 4.79 Å². The first-order valence-corrected chi connectivity index (χ1v) is 7.35. The Kier molecular flexibility index (Phi) is 3.76. The molecule has 1 fully saturated rings. The number of nitrogens with zero attached hydrogens (tertiary/aromatic N) is 1. The molecule has 3 rings (SSSR count). The lowest BCUT2D eigenvalue weighted by molar-refractivity contribution is -0.135. The van der Waals surface area contributed by atoms with Gasteiger partial charge in [0.05, 0.1) is 18.2 Å². The standard InChI is InChI=1S/C16H22N2O2/c1-11-15(7-8-20-11)18(2)16(19)14-9-12-5-3-4-6-13(12)10-17-14/h3-6,11,14-15,17H,7-10H2,1-2H3. The Balaban J connectivity index is 1.69. The summed E-state index contributed by atoms with van der Waals surface area (Å²) in [7, 11) is 1.90. The molecule has 0 aliphatic carbocycles. The van der Waals surface area contributed by atoms with Gasteiger partial charge in [-0.3, -0.25) is 4.79 Å². The molecule has 3 atom stereocenters. The molecule has 1 saturated heterocycles. The highest BCUT2D eigenvalue weighted by Crippen LogP contribution is 2.21. The summed E-state index contributed by atoms with van der Waals surface area (Å²) in [4.78, 5) is 14.5. The summed E-state index contributed by atoms with van der Waals surface area (Å²) in [6, 6.07) is 8.44. The Morgan fingerprint density at radius 1 is 1.35 bits per heavy atom. The number of amides is 1. The van der Waals surface area contributed by atoms with Gasteiger partial charge in [-0.05, 0) is 30.9 Å². The molecular formula is C16H22N2O2. The van der Waals surface area contributed by atoms with Crippen LogP contribution in [0.1, 0.15) is 24.5 Å². The normalized spacial score (nSPS) is 29.0. The maximum Gasteiger partial charge on any atom is 0.240 e. The van der Waals surface area contributed by atoms with Gasteiger partial charge >= 0.3 is 0 Å². The van der Waals surface area contributed by atoms with Crippen molar-refractivity contribution in [3.63, 3.8) is 0 Å². The fourth-order valence-electron chi connectivity index (χ4n) is 3.27. The molecule has 108 valence electrons. The quantitative estimate of drug-likeness (QED) is 0.885. The Hall–Kier alpha value is -1.39. The largest absolute Gasteiger partial charge is 0.376 e. The highest BCUT2D eigenvalue weighted by atomic mass is 16.5. The number of nitrogens with one attached hydrogen (secondary N) is 1. The van der Waals surface area contributed by atoms with Crippen molar-refractivity contribution in [3.05, 3.63) is 35.4 Å². The molecular weight excluding hydrogens is 252 g/mol. The fraction of sp³-hybridized carbons (Fsp3) is 0.562. The van der Waals surface area contributed by atoms with Crippen LogP contribution in [-0.4, -0.2) is 42.6 Å². The van der Waals surface area contributed by atoms with Gasteiger partial charge in [0, 0.05) is 20.2 Å². The number of rotatable bonds is 2. The van der Waals surface area contributed by atoms with E-state index in [-0.39, 0.29) is 24.1 Å². The van der Waals surface area contributed by atoms with Crippen LogP contribution in [0.2, 0.25) is 0 Å². The van der Waals surface area contributed by atoms with Gasteiger partial charge in [0.1, 0.15) is 0 Å². The van der Waals surface area contributed by atoms with Crippen molar-refractivity contribution < 1.29 is 9.53 Å². The second-order valence-electron chi connectivity index (χ2n) is 5.79. The third-order valence-electron chi connectivity index (χ3n) is 4.56. The number of benzene rings is 1. The molecule has 0 aromatic heterocycles. The minimum atomic E-state index is -0.109. The zero-order valence-corrected chi connectivity index (χ0v) is 12.1. The van der Waals surface area contributed by atoms with Crippen LogP contribution in [0.15, 0.2) is 24.3 Å². The number of fused-ring (bicyclic) bond motifs is 1. The van der Waals surface area contributed by atoms with Crippen LogP contribution in [0.3, 0.4) is 0 Å². The predicted molar refractivity (Wildman–Crippen MR) is 77.4 cm³/mol. The van der Waals surface area contributed by atoms with Crippen LogP contribution in [0.25, 0.3) is 0 Å². The summed E-state index contributed by atoms with van der Waals surface area (Å²) in [5, 5.41) is 3.36. The molecule has 1 aromatic rings. The molecule has 2 heterocycles. The first-order valence-electron chi connectivity index (χ1n) is 7.35. The van der Waals surface area contributed by atoms with E-state index in [1.54, 1.807) is 0 Å². The molecule has 2 aliphatic heterocycles. The number of ether oxygens (including phenoxy) is 1. The zero-order chi connectivity index (χ0) is 14.1. The van der Waals surface area contributed by atoms with Crippen molar-refractivity contribution in [3.8, 4) is 0 Å². The fourth-order valence-corrected chi connectivity index (χ4v) is 3.27. The molecule has 0 spiro atoms. The molecule has 1 aromatic carbocycles. The first-order chi connectivity index (χ1) is 9.66. The van der Waals surface area contributed by atoms with Crippen LogP contribution in [-0.2, 0) is 22.5 Å². The van der Waals surface area contributed by atoms with Crippen molar-refractivity contribution in [2.75, 3.05) is 13.7 Å². The van der Waals surface area contributed by atoms with Crippen LogP contribution in [0.5, 0.6) is 0 Å². The van der Waals surface area contributed by atoms with Gasteiger partial charge < -0.3 is 15.0 Å². The minimum Gasteiger partial charge on any atom is -0.376 e. The van der Waals surface area contributed by atoms with Crippen molar-refractivity contribution >= 4 is 5.91 Å². The Morgan fingerprint density at radius 2 is 2.10 bits per heavy atom. The van der Waals surface area contributed by atoms with Crippen LogP contribution in [0, 0.1) is 0 Å². The number of hydrogen-bond acceptors (Lipinski definition) is 3. The van der Waals surface area contributed by atoms with E-state index in [4.69, 9.17) is 4.74 Å². The van der Waals surface area contributed by atoms with Crippen molar-refractivity contribution in [2.45, 2.75) is 44.5 Å². The SMILES string of the molecule is CC1OCCC1N(C)C(=O)C1Cc2ccccc2CN1. The van der Waals surface area contributed by atoms with E-state index >= 15 is 0 Å². The van der Waals surface area contributed by atoms with Gasteiger partial charge in [0.2, 0.25) is 5.91 Å². The van der Waals surface area contributed by atoms with Crippen LogP contribution >= 0.6 is 0 Å². The monoisotopic (exact) mass is 274 g/mol. The number of hydrogen-bond donors (Lipinski definition) is 1. The maximum absolute atomic E-state index is 12.6. The third-order valence-corrected chi connectivity index (χ3v) is 4.56. The Labute approximate surface area is 120 Å². The van der Waals surface area contributed by atoms with Crippen LogP contribution < -0.4 is 5.32 Å². The zero-order valence-electron chi connectivity index (χ0n) is 12.1. The van der Waals surface area contributed by atoms with E-state index in [2.05, 4.69) is 17.4 Å². The van der Waals surface area contributed by atoms with Gasteiger partial charge in [0.25, 0.3) is 0 Å². The molecule has 3 unspecified atom stereocenters. The molecule has 1 N–H and O–H groups in total. The molecule has 4 nitrogen and oxygen atoms in total. The number of carbonyl (C=O) groups is 1.